The first-order valence-electron chi connectivity index (χ1n) is 10.6. The van der Waals surface area contributed by atoms with Gasteiger partial charge in [0.05, 0.1) is 18.7 Å². The van der Waals surface area contributed by atoms with Crippen LogP contribution < -0.4 is 5.32 Å². The van der Waals surface area contributed by atoms with Crippen molar-refractivity contribution in [3.63, 3.8) is 0 Å². The van der Waals surface area contributed by atoms with Crippen molar-refractivity contribution in [3.8, 4) is 11.3 Å². The lowest BCUT2D eigenvalue weighted by Crippen LogP contribution is -2.39. The van der Waals surface area contributed by atoms with Crippen molar-refractivity contribution in [1.82, 2.24) is 20.0 Å². The highest BCUT2D eigenvalue weighted by Gasteiger charge is 2.26. The van der Waals surface area contributed by atoms with Gasteiger partial charge in [-0.15, -0.1) is 0 Å². The Kier molecular flexibility index (Phi) is 5.89. The van der Waals surface area contributed by atoms with E-state index in [1.165, 1.54) is 10.5 Å². The molecule has 1 aliphatic carbocycles. The predicted octanol–water partition coefficient (Wildman–Crippen LogP) is 3.57. The van der Waals surface area contributed by atoms with Crippen LogP contribution in [0.15, 0.2) is 54.7 Å². The van der Waals surface area contributed by atoms with Crippen LogP contribution in [0.2, 0.25) is 0 Å². The van der Waals surface area contributed by atoms with Gasteiger partial charge in [-0.2, -0.15) is 5.10 Å². The number of carbonyl (C=O) groups is 2. The second-order valence-corrected chi connectivity index (χ2v) is 8.38. The van der Waals surface area contributed by atoms with E-state index in [9.17, 15) is 9.59 Å². The highest BCUT2D eigenvalue weighted by atomic mass is 16.2. The van der Waals surface area contributed by atoms with Crippen molar-refractivity contribution in [1.29, 1.82) is 0 Å². The minimum absolute atomic E-state index is 0.0333. The van der Waals surface area contributed by atoms with E-state index in [4.69, 9.17) is 5.10 Å². The Hall–Kier alpha value is -3.41. The Labute approximate surface area is 182 Å². The Morgan fingerprint density at radius 1 is 1.10 bits per heavy atom. The third kappa shape index (κ3) is 5.02. The zero-order valence-electron chi connectivity index (χ0n) is 18.3. The molecule has 6 heteroatoms. The molecule has 0 spiro atoms. The minimum atomic E-state index is -0.210. The molecule has 0 saturated heterocycles. The number of benzene rings is 2. The molecular weight excluding hydrogens is 388 g/mol. The molecule has 0 unspecified atom stereocenters. The number of likely N-dealkylation sites (N-methyl/N-ethyl adjacent to an activating group) is 1. The molecule has 160 valence electrons. The molecule has 0 radical (unpaired) electrons. The largest absolute Gasteiger partial charge is 0.352 e. The molecule has 1 heterocycles. The standard InChI is InChI=1S/C25H28N4O2/c1-17-9-10-20(13-18(17)2)24-22(15-29(27-24)14-19-7-5-4-6-8-19)25(31)28(3)16-23(30)26-21-11-12-21/h4-10,13,15,21H,11-12,14,16H2,1-3H3,(H,26,30). The molecule has 1 aliphatic rings. The molecule has 3 aromatic rings. The maximum atomic E-state index is 13.3. The van der Waals surface area contributed by atoms with Crippen molar-refractivity contribution in [3.05, 3.63) is 77.0 Å². The minimum Gasteiger partial charge on any atom is -0.352 e. The van der Waals surface area contributed by atoms with Gasteiger partial charge in [-0.25, -0.2) is 0 Å². The molecule has 0 atom stereocenters. The quantitative estimate of drug-likeness (QED) is 0.640. The molecule has 0 bridgehead atoms. The third-order valence-electron chi connectivity index (χ3n) is 5.63. The smallest absolute Gasteiger partial charge is 0.257 e. The summed E-state index contributed by atoms with van der Waals surface area (Å²) in [6.07, 6.45) is 3.83. The van der Waals surface area contributed by atoms with Crippen LogP contribution in [-0.2, 0) is 11.3 Å². The van der Waals surface area contributed by atoms with Gasteiger partial charge >= 0.3 is 0 Å². The number of amides is 2. The van der Waals surface area contributed by atoms with E-state index in [1.807, 2.05) is 42.5 Å². The molecule has 1 N–H and O–H groups in total. The van der Waals surface area contributed by atoms with E-state index in [-0.39, 0.29) is 24.4 Å². The maximum Gasteiger partial charge on any atom is 0.257 e. The molecule has 4 rings (SSSR count). The van der Waals surface area contributed by atoms with Gasteiger partial charge in [0.25, 0.3) is 5.91 Å². The zero-order chi connectivity index (χ0) is 22.0. The summed E-state index contributed by atoms with van der Waals surface area (Å²) in [4.78, 5) is 26.9. The van der Waals surface area contributed by atoms with Gasteiger partial charge in [-0.1, -0.05) is 42.5 Å². The number of hydrogen-bond acceptors (Lipinski definition) is 3. The summed E-state index contributed by atoms with van der Waals surface area (Å²) >= 11 is 0. The summed E-state index contributed by atoms with van der Waals surface area (Å²) in [5, 5.41) is 7.69. The Bertz CT molecular complexity index is 1100. The average Bonchev–Trinajstić information content (AvgIpc) is 3.46. The monoisotopic (exact) mass is 416 g/mol. The molecule has 1 fully saturated rings. The Balaban J connectivity index is 1.63. The molecule has 2 aromatic carbocycles. The van der Waals surface area contributed by atoms with E-state index in [0.29, 0.717) is 17.8 Å². The molecule has 6 nitrogen and oxygen atoms in total. The first-order chi connectivity index (χ1) is 14.9. The van der Waals surface area contributed by atoms with E-state index >= 15 is 0 Å². The lowest BCUT2D eigenvalue weighted by atomic mass is 10.0. The van der Waals surface area contributed by atoms with Crippen molar-refractivity contribution < 1.29 is 9.59 Å². The van der Waals surface area contributed by atoms with E-state index < -0.39 is 0 Å². The van der Waals surface area contributed by atoms with Crippen LogP contribution in [-0.4, -0.2) is 46.1 Å². The van der Waals surface area contributed by atoms with Crippen LogP contribution in [0.25, 0.3) is 11.3 Å². The summed E-state index contributed by atoms with van der Waals surface area (Å²) in [5.74, 6) is -0.332. The molecule has 31 heavy (non-hydrogen) atoms. The van der Waals surface area contributed by atoms with Crippen molar-refractivity contribution in [2.45, 2.75) is 39.3 Å². The van der Waals surface area contributed by atoms with Gasteiger partial charge < -0.3 is 10.2 Å². The first kappa shape index (κ1) is 20.8. The first-order valence-corrected chi connectivity index (χ1v) is 10.6. The maximum absolute atomic E-state index is 13.3. The lowest BCUT2D eigenvalue weighted by molar-refractivity contribution is -0.121. The third-order valence-corrected chi connectivity index (χ3v) is 5.63. The number of hydrogen-bond donors (Lipinski definition) is 1. The Morgan fingerprint density at radius 2 is 1.84 bits per heavy atom. The molecule has 1 aromatic heterocycles. The number of aryl methyl sites for hydroxylation is 2. The normalized spacial score (nSPS) is 13.1. The predicted molar refractivity (Wildman–Crippen MR) is 121 cm³/mol. The van der Waals surface area contributed by atoms with Crippen molar-refractivity contribution in [2.75, 3.05) is 13.6 Å². The number of nitrogens with one attached hydrogen (secondary N) is 1. The summed E-state index contributed by atoms with van der Waals surface area (Å²) in [6, 6.07) is 16.4. The van der Waals surface area contributed by atoms with E-state index in [0.717, 1.165) is 29.5 Å². The Morgan fingerprint density at radius 3 is 2.52 bits per heavy atom. The van der Waals surface area contributed by atoms with Gasteiger partial charge in [-0.3, -0.25) is 14.3 Å². The topological polar surface area (TPSA) is 67.2 Å². The average molecular weight is 417 g/mol. The summed E-state index contributed by atoms with van der Waals surface area (Å²) in [6.45, 7) is 4.71. The molecule has 0 aliphatic heterocycles. The zero-order valence-corrected chi connectivity index (χ0v) is 18.3. The number of aromatic nitrogens is 2. The van der Waals surface area contributed by atoms with E-state index in [2.05, 4.69) is 25.2 Å². The fourth-order valence-electron chi connectivity index (χ4n) is 3.53. The number of nitrogens with zero attached hydrogens (tertiary/aromatic N) is 3. The fourth-order valence-corrected chi connectivity index (χ4v) is 3.53. The van der Waals surface area contributed by atoms with Crippen LogP contribution in [0.3, 0.4) is 0 Å². The second-order valence-electron chi connectivity index (χ2n) is 8.38. The summed E-state index contributed by atoms with van der Waals surface area (Å²) < 4.78 is 1.80. The van der Waals surface area contributed by atoms with Crippen LogP contribution in [0.5, 0.6) is 0 Å². The molecular formula is C25H28N4O2. The van der Waals surface area contributed by atoms with Crippen LogP contribution >= 0.6 is 0 Å². The van der Waals surface area contributed by atoms with Gasteiger partial charge in [-0.05, 0) is 49.4 Å². The molecule has 1 saturated carbocycles. The molecule has 2 amide bonds. The van der Waals surface area contributed by atoms with Crippen LogP contribution in [0.4, 0.5) is 0 Å². The number of carbonyl (C=O) groups excluding carboxylic acids is 2. The SMILES string of the molecule is Cc1ccc(-c2nn(Cc3ccccc3)cc2C(=O)N(C)CC(=O)NC2CC2)cc1C. The van der Waals surface area contributed by atoms with Gasteiger partial charge in [0.15, 0.2) is 0 Å². The van der Waals surface area contributed by atoms with Gasteiger partial charge in [0.1, 0.15) is 5.69 Å². The van der Waals surface area contributed by atoms with Gasteiger partial charge in [0, 0.05) is 24.8 Å². The highest BCUT2D eigenvalue weighted by Crippen LogP contribution is 2.26. The summed E-state index contributed by atoms with van der Waals surface area (Å²) in [5.41, 5.74) is 5.47. The van der Waals surface area contributed by atoms with Gasteiger partial charge in [0.2, 0.25) is 5.91 Å². The van der Waals surface area contributed by atoms with Crippen LogP contribution in [0.1, 0.15) is 39.9 Å². The van der Waals surface area contributed by atoms with Crippen molar-refractivity contribution in [2.24, 2.45) is 0 Å². The highest BCUT2D eigenvalue weighted by molar-refractivity contribution is 6.01. The lowest BCUT2D eigenvalue weighted by Gasteiger charge is -2.16. The van der Waals surface area contributed by atoms with E-state index in [1.54, 1.807) is 17.9 Å². The van der Waals surface area contributed by atoms with Crippen molar-refractivity contribution >= 4 is 11.8 Å². The number of rotatable bonds is 7. The second kappa shape index (κ2) is 8.76. The summed E-state index contributed by atoms with van der Waals surface area (Å²) in [7, 11) is 1.66. The fraction of sp³-hybridized carbons (Fsp3) is 0.320. The van der Waals surface area contributed by atoms with Crippen LogP contribution in [0, 0.1) is 13.8 Å².